The molecule has 98 valence electrons. The summed E-state index contributed by atoms with van der Waals surface area (Å²) in [5.74, 6) is -0.274. The predicted molar refractivity (Wildman–Crippen MR) is 75.1 cm³/mol. The molecule has 0 aromatic heterocycles. The maximum atomic E-state index is 10.8. The third kappa shape index (κ3) is 2.71. The molecule has 0 radical (unpaired) electrons. The minimum atomic E-state index is -0.939. The van der Waals surface area contributed by atoms with Crippen LogP contribution in [0.3, 0.4) is 0 Å². The van der Waals surface area contributed by atoms with Gasteiger partial charge in [-0.3, -0.25) is 0 Å². The highest BCUT2D eigenvalue weighted by Crippen LogP contribution is 2.34. The molecule has 0 aliphatic carbocycles. The number of halogens is 1. The summed E-state index contributed by atoms with van der Waals surface area (Å²) >= 11 is 6.06. The lowest BCUT2D eigenvalue weighted by molar-refractivity contribution is 0.0697. The average molecular weight is 277 g/mol. The van der Waals surface area contributed by atoms with E-state index >= 15 is 0 Å². The van der Waals surface area contributed by atoms with Gasteiger partial charge in [0.1, 0.15) is 5.75 Å². The van der Waals surface area contributed by atoms with Gasteiger partial charge in [-0.25, -0.2) is 4.79 Å². The third-order valence-corrected chi connectivity index (χ3v) is 3.33. The van der Waals surface area contributed by atoms with Gasteiger partial charge in [-0.2, -0.15) is 0 Å². The molecule has 0 heterocycles. The normalized spacial score (nSPS) is 10.3. The Hall–Kier alpha value is -2.00. The van der Waals surface area contributed by atoms with Gasteiger partial charge in [-0.15, -0.1) is 0 Å². The van der Waals surface area contributed by atoms with Crippen LogP contribution in [-0.2, 0) is 0 Å². The molecule has 4 heteroatoms. The van der Waals surface area contributed by atoms with E-state index in [1.165, 1.54) is 0 Å². The zero-order valence-corrected chi connectivity index (χ0v) is 11.4. The monoisotopic (exact) mass is 276 g/mol. The number of carboxylic acid groups (broad SMARTS) is 1. The summed E-state index contributed by atoms with van der Waals surface area (Å²) in [6.07, 6.45) is 0. The Balaban J connectivity index is 2.51. The fourth-order valence-electron chi connectivity index (χ4n) is 1.85. The number of aryl methyl sites for hydroxylation is 1. The van der Waals surface area contributed by atoms with Crippen molar-refractivity contribution in [2.24, 2.45) is 0 Å². The van der Waals surface area contributed by atoms with Gasteiger partial charge < -0.3 is 9.84 Å². The van der Waals surface area contributed by atoms with Gasteiger partial charge in [-0.05, 0) is 42.3 Å². The molecule has 0 unspecified atom stereocenters. The van der Waals surface area contributed by atoms with E-state index in [1.807, 2.05) is 13.0 Å². The molecule has 0 atom stereocenters. The highest BCUT2D eigenvalue weighted by atomic mass is 35.5. The molecule has 0 spiro atoms. The van der Waals surface area contributed by atoms with Gasteiger partial charge in [0.15, 0.2) is 0 Å². The Morgan fingerprint density at radius 2 is 1.84 bits per heavy atom. The van der Waals surface area contributed by atoms with Crippen molar-refractivity contribution in [1.29, 1.82) is 0 Å². The number of carboxylic acids is 1. The molecule has 0 bridgehead atoms. The topological polar surface area (TPSA) is 46.5 Å². The molecular formula is C15H13ClO3. The molecule has 0 amide bonds. The SMILES string of the molecule is COc1cc(Cl)c(C)cc1-c1ccc(C(=O)O)cc1. The van der Waals surface area contributed by atoms with Crippen LogP contribution in [0.4, 0.5) is 0 Å². The second kappa shape index (κ2) is 5.33. The minimum absolute atomic E-state index is 0.258. The molecule has 0 aliphatic rings. The van der Waals surface area contributed by atoms with Crippen LogP contribution in [0.1, 0.15) is 15.9 Å². The standard InChI is InChI=1S/C15H13ClO3/c1-9-7-12(14(19-2)8-13(9)16)10-3-5-11(6-4-10)15(17)18/h3-8H,1-2H3,(H,17,18). The van der Waals surface area contributed by atoms with Crippen LogP contribution in [0.2, 0.25) is 5.02 Å². The first kappa shape index (κ1) is 13.4. The number of benzene rings is 2. The Bertz CT molecular complexity index is 618. The van der Waals surface area contributed by atoms with Gasteiger partial charge in [0.2, 0.25) is 0 Å². The van der Waals surface area contributed by atoms with Crippen molar-refractivity contribution in [2.45, 2.75) is 6.92 Å². The largest absolute Gasteiger partial charge is 0.496 e. The van der Waals surface area contributed by atoms with E-state index in [2.05, 4.69) is 0 Å². The highest BCUT2D eigenvalue weighted by molar-refractivity contribution is 6.31. The molecule has 2 aromatic rings. The Morgan fingerprint density at radius 3 is 2.37 bits per heavy atom. The fraction of sp³-hybridized carbons (Fsp3) is 0.133. The van der Waals surface area contributed by atoms with Crippen molar-refractivity contribution < 1.29 is 14.6 Å². The lowest BCUT2D eigenvalue weighted by Crippen LogP contribution is -1.95. The number of aromatic carboxylic acids is 1. The smallest absolute Gasteiger partial charge is 0.335 e. The van der Waals surface area contributed by atoms with Gasteiger partial charge in [0.25, 0.3) is 0 Å². The van der Waals surface area contributed by atoms with Crippen molar-refractivity contribution in [3.05, 3.63) is 52.5 Å². The summed E-state index contributed by atoms with van der Waals surface area (Å²) in [6.45, 7) is 1.91. The number of rotatable bonds is 3. The van der Waals surface area contributed by atoms with Gasteiger partial charge in [0, 0.05) is 10.6 Å². The maximum Gasteiger partial charge on any atom is 0.335 e. The Morgan fingerprint density at radius 1 is 1.21 bits per heavy atom. The van der Waals surface area contributed by atoms with Crippen molar-refractivity contribution in [3.63, 3.8) is 0 Å². The quantitative estimate of drug-likeness (QED) is 0.921. The molecule has 0 saturated heterocycles. The van der Waals surface area contributed by atoms with Crippen molar-refractivity contribution in [2.75, 3.05) is 7.11 Å². The van der Waals surface area contributed by atoms with Crippen molar-refractivity contribution >= 4 is 17.6 Å². The van der Waals surface area contributed by atoms with E-state index in [0.717, 1.165) is 16.7 Å². The molecule has 2 aromatic carbocycles. The first-order chi connectivity index (χ1) is 9.02. The summed E-state index contributed by atoms with van der Waals surface area (Å²) in [5, 5.41) is 9.53. The lowest BCUT2D eigenvalue weighted by Gasteiger charge is -2.11. The first-order valence-electron chi connectivity index (χ1n) is 5.71. The number of hydrogen-bond donors (Lipinski definition) is 1. The van der Waals surface area contributed by atoms with E-state index in [1.54, 1.807) is 37.4 Å². The van der Waals surface area contributed by atoms with Crippen LogP contribution in [0.15, 0.2) is 36.4 Å². The minimum Gasteiger partial charge on any atom is -0.496 e. The number of hydrogen-bond acceptors (Lipinski definition) is 2. The van der Waals surface area contributed by atoms with Crippen LogP contribution in [0.5, 0.6) is 5.75 Å². The van der Waals surface area contributed by atoms with Crippen molar-refractivity contribution in [1.82, 2.24) is 0 Å². The van der Waals surface area contributed by atoms with Gasteiger partial charge >= 0.3 is 5.97 Å². The average Bonchev–Trinajstić information content (AvgIpc) is 2.41. The lowest BCUT2D eigenvalue weighted by atomic mass is 10.0. The second-order valence-corrected chi connectivity index (χ2v) is 4.59. The second-order valence-electron chi connectivity index (χ2n) is 4.18. The van der Waals surface area contributed by atoms with Crippen LogP contribution in [0, 0.1) is 6.92 Å². The summed E-state index contributed by atoms with van der Waals surface area (Å²) in [6, 6.07) is 10.3. The Kier molecular flexibility index (Phi) is 3.76. The number of carbonyl (C=O) groups is 1. The van der Waals surface area contributed by atoms with E-state index in [0.29, 0.717) is 10.8 Å². The van der Waals surface area contributed by atoms with Crippen LogP contribution < -0.4 is 4.74 Å². The fourth-order valence-corrected chi connectivity index (χ4v) is 2.00. The summed E-state index contributed by atoms with van der Waals surface area (Å²) in [4.78, 5) is 10.8. The molecule has 2 rings (SSSR count). The van der Waals surface area contributed by atoms with E-state index < -0.39 is 5.97 Å². The van der Waals surface area contributed by atoms with Gasteiger partial charge in [-0.1, -0.05) is 23.7 Å². The third-order valence-electron chi connectivity index (χ3n) is 2.92. The van der Waals surface area contributed by atoms with Crippen LogP contribution >= 0.6 is 11.6 Å². The number of ether oxygens (including phenoxy) is 1. The van der Waals surface area contributed by atoms with E-state index in [-0.39, 0.29) is 5.56 Å². The van der Waals surface area contributed by atoms with E-state index in [4.69, 9.17) is 21.4 Å². The maximum absolute atomic E-state index is 10.8. The van der Waals surface area contributed by atoms with Crippen LogP contribution in [0.25, 0.3) is 11.1 Å². The first-order valence-corrected chi connectivity index (χ1v) is 6.08. The summed E-state index contributed by atoms with van der Waals surface area (Å²) < 4.78 is 5.31. The zero-order chi connectivity index (χ0) is 14.0. The molecule has 3 nitrogen and oxygen atoms in total. The van der Waals surface area contributed by atoms with E-state index in [9.17, 15) is 4.79 Å². The molecule has 0 aliphatic heterocycles. The highest BCUT2D eigenvalue weighted by Gasteiger charge is 2.10. The van der Waals surface area contributed by atoms with Crippen LogP contribution in [-0.4, -0.2) is 18.2 Å². The Labute approximate surface area is 116 Å². The molecule has 0 fully saturated rings. The molecular weight excluding hydrogens is 264 g/mol. The molecule has 19 heavy (non-hydrogen) atoms. The summed E-state index contributed by atoms with van der Waals surface area (Å²) in [7, 11) is 1.58. The molecule has 0 saturated carbocycles. The summed E-state index contributed by atoms with van der Waals surface area (Å²) in [5.41, 5.74) is 2.98. The van der Waals surface area contributed by atoms with Crippen molar-refractivity contribution in [3.8, 4) is 16.9 Å². The van der Waals surface area contributed by atoms with Gasteiger partial charge in [0.05, 0.1) is 12.7 Å². The predicted octanol–water partition coefficient (Wildman–Crippen LogP) is 4.02. The number of methoxy groups -OCH3 is 1. The zero-order valence-electron chi connectivity index (χ0n) is 10.6. The molecule has 1 N–H and O–H groups in total.